The van der Waals surface area contributed by atoms with Crippen LogP contribution in [0.2, 0.25) is 0 Å². The third-order valence-corrected chi connectivity index (χ3v) is 6.62. The molecule has 200 valence electrons. The van der Waals surface area contributed by atoms with Crippen LogP contribution in [0.25, 0.3) is 0 Å². The summed E-state index contributed by atoms with van der Waals surface area (Å²) < 4.78 is 178. The van der Waals surface area contributed by atoms with Gasteiger partial charge in [-0.05, 0) is 12.1 Å². The molecule has 0 saturated carbocycles. The SMILES string of the molecule is O=C(CS(=O)c1ccc(S(=O)(=O)C(F)(F)F)cc1[N+](=O)[O-])OCC(F)(F)C(F)(F)C(F)(F)C(F)F. The van der Waals surface area contributed by atoms with Crippen LogP contribution in [0.4, 0.5) is 54.0 Å². The van der Waals surface area contributed by atoms with E-state index in [1.54, 1.807) is 0 Å². The van der Waals surface area contributed by atoms with Gasteiger partial charge in [0.05, 0.1) is 20.6 Å². The predicted molar refractivity (Wildman–Crippen MR) is 89.4 cm³/mol. The average molecular weight is 575 g/mol. The number of hydrogen-bond donors (Lipinski definition) is 0. The molecule has 0 amide bonds. The Balaban J connectivity index is 3.11. The number of hydrogen-bond acceptors (Lipinski definition) is 7. The number of alkyl halides is 11. The summed E-state index contributed by atoms with van der Waals surface area (Å²) in [5.74, 6) is -23.2. The number of sulfone groups is 1. The van der Waals surface area contributed by atoms with Crippen molar-refractivity contribution in [2.75, 3.05) is 12.4 Å². The smallest absolute Gasteiger partial charge is 0.458 e. The number of nitrogens with zero attached hydrogens (tertiary/aromatic N) is 1. The maximum atomic E-state index is 13.3. The first-order valence-electron chi connectivity index (χ1n) is 8.06. The van der Waals surface area contributed by atoms with E-state index in [2.05, 4.69) is 4.74 Å². The quantitative estimate of drug-likeness (QED) is 0.181. The van der Waals surface area contributed by atoms with E-state index in [0.717, 1.165) is 0 Å². The number of carbonyl (C=O) groups is 1. The Morgan fingerprint density at radius 3 is 2.00 bits per heavy atom. The molecule has 1 atom stereocenters. The van der Waals surface area contributed by atoms with Gasteiger partial charge in [-0.2, -0.15) is 39.5 Å². The van der Waals surface area contributed by atoms with Gasteiger partial charge >= 0.3 is 35.7 Å². The zero-order chi connectivity index (χ0) is 27.8. The van der Waals surface area contributed by atoms with Crippen molar-refractivity contribution in [1.29, 1.82) is 0 Å². The van der Waals surface area contributed by atoms with Crippen LogP contribution in [0.15, 0.2) is 28.0 Å². The molecule has 0 N–H and O–H groups in total. The third kappa shape index (κ3) is 5.98. The Bertz CT molecular complexity index is 1120. The molecule has 1 aromatic rings. The highest BCUT2D eigenvalue weighted by Crippen LogP contribution is 2.48. The number of benzene rings is 1. The Kier molecular flexibility index (Phi) is 8.54. The Morgan fingerprint density at radius 1 is 1.06 bits per heavy atom. The van der Waals surface area contributed by atoms with Crippen LogP contribution in [0, 0.1) is 10.1 Å². The fourth-order valence-electron chi connectivity index (χ4n) is 2.00. The number of carbonyl (C=O) groups excluding carboxylic acids is 1. The molecule has 0 aromatic heterocycles. The van der Waals surface area contributed by atoms with E-state index in [1.807, 2.05) is 0 Å². The van der Waals surface area contributed by atoms with Gasteiger partial charge in [0.2, 0.25) is 0 Å². The van der Waals surface area contributed by atoms with Gasteiger partial charge < -0.3 is 4.74 Å². The summed E-state index contributed by atoms with van der Waals surface area (Å²) in [6.45, 7) is -2.93. The van der Waals surface area contributed by atoms with E-state index in [-0.39, 0.29) is 18.2 Å². The van der Waals surface area contributed by atoms with Gasteiger partial charge in [0.15, 0.2) is 6.61 Å². The predicted octanol–water partition coefficient (Wildman–Crippen LogP) is 3.71. The second-order valence-corrected chi connectivity index (χ2v) is 9.55. The summed E-state index contributed by atoms with van der Waals surface area (Å²) in [6, 6.07) is 0.0874. The van der Waals surface area contributed by atoms with Crippen LogP contribution < -0.4 is 0 Å². The lowest BCUT2D eigenvalue weighted by atomic mass is 10.1. The van der Waals surface area contributed by atoms with Gasteiger partial charge in [-0.3, -0.25) is 19.1 Å². The highest BCUT2D eigenvalue weighted by Gasteiger charge is 2.75. The molecule has 0 heterocycles. The van der Waals surface area contributed by atoms with Crippen molar-refractivity contribution < 1.29 is 75.4 Å². The van der Waals surface area contributed by atoms with E-state index in [0.29, 0.717) is 0 Å². The number of ether oxygens (including phenoxy) is 1. The minimum atomic E-state index is -6.73. The average Bonchev–Trinajstić information content (AvgIpc) is 2.70. The van der Waals surface area contributed by atoms with Crippen molar-refractivity contribution in [2.45, 2.75) is 39.5 Å². The van der Waals surface area contributed by atoms with Crippen LogP contribution >= 0.6 is 0 Å². The summed E-state index contributed by atoms with van der Waals surface area (Å²) in [5.41, 5.74) is -7.46. The van der Waals surface area contributed by atoms with Crippen molar-refractivity contribution in [2.24, 2.45) is 0 Å². The van der Waals surface area contributed by atoms with E-state index >= 15 is 0 Å². The van der Waals surface area contributed by atoms with Crippen molar-refractivity contribution in [3.05, 3.63) is 28.3 Å². The van der Waals surface area contributed by atoms with Crippen LogP contribution in [0.3, 0.4) is 0 Å². The lowest BCUT2D eigenvalue weighted by molar-refractivity contribution is -0.388. The molecule has 8 nitrogen and oxygen atoms in total. The van der Waals surface area contributed by atoms with Crippen LogP contribution in [0.1, 0.15) is 0 Å². The number of halogens is 11. The topological polar surface area (TPSA) is 121 Å². The molecular weight excluding hydrogens is 567 g/mol. The van der Waals surface area contributed by atoms with E-state index in [9.17, 15) is 75.8 Å². The van der Waals surface area contributed by atoms with Gasteiger partial charge in [-0.1, -0.05) is 0 Å². The molecule has 1 rings (SSSR count). The summed E-state index contributed by atoms with van der Waals surface area (Å²) in [7, 11) is -9.19. The van der Waals surface area contributed by atoms with Gasteiger partial charge in [0.25, 0.3) is 15.5 Å². The largest absolute Gasteiger partial charge is 0.501 e. The van der Waals surface area contributed by atoms with E-state index in [4.69, 9.17) is 0 Å². The number of nitro benzene ring substituents is 1. The zero-order valence-electron chi connectivity index (χ0n) is 16.0. The molecule has 0 aliphatic heterocycles. The molecule has 0 radical (unpaired) electrons. The Labute approximate surface area is 188 Å². The van der Waals surface area contributed by atoms with E-state index < -0.39 is 89.1 Å². The van der Waals surface area contributed by atoms with E-state index in [1.165, 1.54) is 0 Å². The molecule has 21 heteroatoms. The number of rotatable bonds is 10. The van der Waals surface area contributed by atoms with Gasteiger partial charge in [-0.25, -0.2) is 17.2 Å². The molecule has 0 fully saturated rings. The van der Waals surface area contributed by atoms with Gasteiger partial charge in [0, 0.05) is 6.07 Å². The van der Waals surface area contributed by atoms with Gasteiger partial charge in [0.1, 0.15) is 10.6 Å². The highest BCUT2D eigenvalue weighted by molar-refractivity contribution is 7.92. The summed E-state index contributed by atoms with van der Waals surface area (Å²) in [5, 5.41) is 11.0. The monoisotopic (exact) mass is 575 g/mol. The first kappa shape index (κ1) is 30.5. The van der Waals surface area contributed by atoms with Crippen LogP contribution in [0.5, 0.6) is 0 Å². The summed E-state index contributed by atoms with van der Waals surface area (Å²) >= 11 is 0. The number of esters is 1. The highest BCUT2D eigenvalue weighted by atomic mass is 32.2. The maximum Gasteiger partial charge on any atom is 0.501 e. The van der Waals surface area contributed by atoms with Crippen molar-refractivity contribution in [1.82, 2.24) is 0 Å². The Hall–Kier alpha value is -2.58. The minimum Gasteiger partial charge on any atom is -0.458 e. The van der Waals surface area contributed by atoms with Crippen LogP contribution in [-0.2, 0) is 30.2 Å². The first-order chi connectivity index (χ1) is 15.5. The molecule has 35 heavy (non-hydrogen) atoms. The zero-order valence-corrected chi connectivity index (χ0v) is 17.6. The lowest BCUT2D eigenvalue weighted by Gasteiger charge is -2.31. The summed E-state index contributed by atoms with van der Waals surface area (Å²) in [6.07, 6.45) is -5.25. The fraction of sp³-hybridized carbons (Fsp3) is 0.500. The molecular formula is C14H8F11NO7S2. The van der Waals surface area contributed by atoms with Crippen molar-refractivity contribution >= 4 is 32.3 Å². The normalized spacial score (nSPS) is 14.6. The molecule has 0 spiro atoms. The second-order valence-electron chi connectivity index (χ2n) is 6.19. The first-order valence-corrected chi connectivity index (χ1v) is 10.9. The third-order valence-electron chi connectivity index (χ3n) is 3.80. The standard InChI is InChI=1S/C14H8F11NO7S2/c15-10(16)12(19,20)13(21,22)11(17,18)5-33-9(27)4-34(30)8-2-1-6(3-7(8)26(28)29)35(31,32)14(23,24)25/h1-3,10H,4-5H2. The molecule has 1 unspecified atom stereocenters. The minimum absolute atomic E-state index is 0.0928. The molecule has 0 saturated heterocycles. The van der Waals surface area contributed by atoms with Crippen molar-refractivity contribution in [3.8, 4) is 0 Å². The van der Waals surface area contributed by atoms with Crippen molar-refractivity contribution in [3.63, 3.8) is 0 Å². The molecule has 0 aliphatic rings. The second kappa shape index (κ2) is 9.82. The molecule has 1 aromatic carbocycles. The van der Waals surface area contributed by atoms with Gasteiger partial charge in [-0.15, -0.1) is 0 Å². The van der Waals surface area contributed by atoms with Crippen LogP contribution in [-0.4, -0.2) is 65.6 Å². The molecule has 0 bridgehead atoms. The number of nitro groups is 1. The summed E-state index contributed by atoms with van der Waals surface area (Å²) in [4.78, 5) is 18.1. The lowest BCUT2D eigenvalue weighted by Crippen LogP contribution is -2.59. The Morgan fingerprint density at radius 2 is 1.57 bits per heavy atom. The molecule has 0 aliphatic carbocycles. The maximum absolute atomic E-state index is 13.3. The fourth-order valence-corrected chi connectivity index (χ4v) is 3.82.